The molecule has 0 saturated carbocycles. The molecule has 1 N–H and O–H groups in total. The van der Waals surface area contributed by atoms with Gasteiger partial charge in [0.15, 0.2) is 0 Å². The van der Waals surface area contributed by atoms with Crippen LogP contribution in [0.3, 0.4) is 0 Å². The van der Waals surface area contributed by atoms with E-state index in [1.165, 1.54) is 5.56 Å². The molecule has 1 heterocycles. The van der Waals surface area contributed by atoms with Gasteiger partial charge in [-0.15, -0.1) is 0 Å². The molecule has 0 aromatic heterocycles. The highest BCUT2D eigenvalue weighted by atomic mass is 16.5. The van der Waals surface area contributed by atoms with Gasteiger partial charge in [-0.2, -0.15) is 0 Å². The molecule has 0 unspecified atom stereocenters. The van der Waals surface area contributed by atoms with Gasteiger partial charge >= 0.3 is 0 Å². The van der Waals surface area contributed by atoms with Crippen molar-refractivity contribution in [2.75, 3.05) is 39.4 Å². The molecule has 4 heteroatoms. The van der Waals surface area contributed by atoms with E-state index in [-0.39, 0.29) is 5.91 Å². The standard InChI is InChI=1S/C17H26N2O2/c1-14(2)16-5-3-15(4-6-16)13-17(20)18-7-8-19-9-11-21-12-10-19/h3-6,14H,7-13H2,1-2H3,(H,18,20). The summed E-state index contributed by atoms with van der Waals surface area (Å²) in [5.41, 5.74) is 2.38. The number of carbonyl (C=O) groups excluding carboxylic acids is 1. The molecule has 0 aliphatic carbocycles. The monoisotopic (exact) mass is 290 g/mol. The van der Waals surface area contributed by atoms with Gasteiger partial charge in [0.25, 0.3) is 0 Å². The van der Waals surface area contributed by atoms with E-state index in [2.05, 4.69) is 48.3 Å². The van der Waals surface area contributed by atoms with Crippen LogP contribution in [0.2, 0.25) is 0 Å². The van der Waals surface area contributed by atoms with Crippen LogP contribution in [0, 0.1) is 0 Å². The third-order valence-corrected chi connectivity index (χ3v) is 3.86. The van der Waals surface area contributed by atoms with Crippen molar-refractivity contribution in [1.29, 1.82) is 0 Å². The first-order chi connectivity index (χ1) is 10.1. The zero-order chi connectivity index (χ0) is 15.1. The van der Waals surface area contributed by atoms with Crippen LogP contribution in [0.25, 0.3) is 0 Å². The summed E-state index contributed by atoms with van der Waals surface area (Å²) in [5.74, 6) is 0.627. The zero-order valence-electron chi connectivity index (χ0n) is 13.1. The van der Waals surface area contributed by atoms with Crippen LogP contribution in [-0.2, 0) is 16.0 Å². The van der Waals surface area contributed by atoms with Crippen LogP contribution in [0.4, 0.5) is 0 Å². The van der Waals surface area contributed by atoms with Gasteiger partial charge in [-0.05, 0) is 17.0 Å². The molecule has 1 aromatic rings. The second-order valence-electron chi connectivity index (χ2n) is 5.88. The number of hydrogen-bond donors (Lipinski definition) is 1. The Kier molecular flexibility index (Phi) is 6.21. The first-order valence-corrected chi connectivity index (χ1v) is 7.81. The van der Waals surface area contributed by atoms with E-state index in [1.54, 1.807) is 0 Å². The van der Waals surface area contributed by atoms with E-state index < -0.39 is 0 Å². The molecule has 1 saturated heterocycles. The van der Waals surface area contributed by atoms with Crippen molar-refractivity contribution in [2.45, 2.75) is 26.2 Å². The fourth-order valence-corrected chi connectivity index (χ4v) is 2.45. The highest BCUT2D eigenvalue weighted by molar-refractivity contribution is 5.78. The number of ether oxygens (including phenoxy) is 1. The van der Waals surface area contributed by atoms with Crippen molar-refractivity contribution in [1.82, 2.24) is 10.2 Å². The number of amides is 1. The fraction of sp³-hybridized carbons (Fsp3) is 0.588. The van der Waals surface area contributed by atoms with Crippen LogP contribution in [0.15, 0.2) is 24.3 Å². The Morgan fingerprint density at radius 1 is 1.24 bits per heavy atom. The van der Waals surface area contributed by atoms with E-state index >= 15 is 0 Å². The number of rotatable bonds is 6. The molecule has 21 heavy (non-hydrogen) atoms. The lowest BCUT2D eigenvalue weighted by Crippen LogP contribution is -2.41. The lowest BCUT2D eigenvalue weighted by molar-refractivity contribution is -0.120. The predicted molar refractivity (Wildman–Crippen MR) is 84.5 cm³/mol. The van der Waals surface area contributed by atoms with E-state index in [4.69, 9.17) is 4.74 Å². The quantitative estimate of drug-likeness (QED) is 0.868. The first kappa shape index (κ1) is 16.0. The highest BCUT2D eigenvalue weighted by Crippen LogP contribution is 2.14. The third kappa shape index (κ3) is 5.48. The van der Waals surface area contributed by atoms with Crippen LogP contribution in [0.1, 0.15) is 30.9 Å². The van der Waals surface area contributed by atoms with Gasteiger partial charge in [0.05, 0.1) is 19.6 Å². The SMILES string of the molecule is CC(C)c1ccc(CC(=O)NCCN2CCOCC2)cc1. The Balaban J connectivity index is 1.68. The van der Waals surface area contributed by atoms with Crippen molar-refractivity contribution in [3.63, 3.8) is 0 Å². The Bertz CT molecular complexity index is 437. The maximum absolute atomic E-state index is 11.9. The Morgan fingerprint density at radius 3 is 2.52 bits per heavy atom. The molecule has 1 aromatic carbocycles. The van der Waals surface area contributed by atoms with Crippen molar-refractivity contribution in [3.8, 4) is 0 Å². The summed E-state index contributed by atoms with van der Waals surface area (Å²) in [4.78, 5) is 14.2. The zero-order valence-corrected chi connectivity index (χ0v) is 13.1. The Labute approximate surface area is 127 Å². The van der Waals surface area contributed by atoms with Gasteiger partial charge < -0.3 is 10.1 Å². The summed E-state index contributed by atoms with van der Waals surface area (Å²) in [6.07, 6.45) is 0.460. The molecule has 1 amide bonds. The van der Waals surface area contributed by atoms with E-state index in [1.807, 2.05) is 0 Å². The Morgan fingerprint density at radius 2 is 1.90 bits per heavy atom. The van der Waals surface area contributed by atoms with E-state index in [0.717, 1.165) is 38.4 Å². The average molecular weight is 290 g/mol. The molecular weight excluding hydrogens is 264 g/mol. The van der Waals surface area contributed by atoms with Gasteiger partial charge in [0.1, 0.15) is 0 Å². The summed E-state index contributed by atoms with van der Waals surface area (Å²) < 4.78 is 5.30. The molecule has 2 rings (SSSR count). The van der Waals surface area contributed by atoms with Gasteiger partial charge in [-0.3, -0.25) is 9.69 Å². The predicted octanol–water partition coefficient (Wildman–Crippen LogP) is 1.80. The molecule has 1 fully saturated rings. The molecule has 1 aliphatic rings. The molecule has 1 aliphatic heterocycles. The number of nitrogens with zero attached hydrogens (tertiary/aromatic N) is 1. The molecule has 0 spiro atoms. The third-order valence-electron chi connectivity index (χ3n) is 3.86. The first-order valence-electron chi connectivity index (χ1n) is 7.81. The van der Waals surface area contributed by atoms with Crippen molar-refractivity contribution in [3.05, 3.63) is 35.4 Å². The lowest BCUT2D eigenvalue weighted by Gasteiger charge is -2.26. The maximum Gasteiger partial charge on any atom is 0.224 e. The summed E-state index contributed by atoms with van der Waals surface area (Å²) in [6, 6.07) is 8.33. The number of benzene rings is 1. The molecule has 0 atom stereocenters. The summed E-state index contributed by atoms with van der Waals surface area (Å²) in [5, 5.41) is 2.99. The summed E-state index contributed by atoms with van der Waals surface area (Å²) in [7, 11) is 0. The minimum absolute atomic E-state index is 0.0977. The Hall–Kier alpha value is -1.39. The number of nitrogens with one attached hydrogen (secondary N) is 1. The maximum atomic E-state index is 11.9. The normalized spacial score (nSPS) is 16.1. The molecule has 0 radical (unpaired) electrons. The second-order valence-corrected chi connectivity index (χ2v) is 5.88. The molecular formula is C17H26N2O2. The van der Waals surface area contributed by atoms with E-state index in [9.17, 15) is 4.79 Å². The van der Waals surface area contributed by atoms with Crippen LogP contribution >= 0.6 is 0 Å². The molecule has 4 nitrogen and oxygen atoms in total. The fourth-order valence-electron chi connectivity index (χ4n) is 2.45. The minimum atomic E-state index is 0.0977. The smallest absolute Gasteiger partial charge is 0.224 e. The van der Waals surface area contributed by atoms with Gasteiger partial charge in [0, 0.05) is 26.2 Å². The highest BCUT2D eigenvalue weighted by Gasteiger charge is 2.10. The number of carbonyl (C=O) groups is 1. The van der Waals surface area contributed by atoms with Crippen LogP contribution in [-0.4, -0.2) is 50.2 Å². The second kappa shape index (κ2) is 8.15. The van der Waals surface area contributed by atoms with Crippen LogP contribution < -0.4 is 5.32 Å². The summed E-state index contributed by atoms with van der Waals surface area (Å²) >= 11 is 0. The van der Waals surface area contributed by atoms with Crippen molar-refractivity contribution >= 4 is 5.91 Å². The van der Waals surface area contributed by atoms with Crippen molar-refractivity contribution < 1.29 is 9.53 Å². The summed E-state index contributed by atoms with van der Waals surface area (Å²) in [6.45, 7) is 9.50. The van der Waals surface area contributed by atoms with Crippen LogP contribution in [0.5, 0.6) is 0 Å². The number of morpholine rings is 1. The molecule has 0 bridgehead atoms. The topological polar surface area (TPSA) is 41.6 Å². The van der Waals surface area contributed by atoms with Crippen molar-refractivity contribution in [2.24, 2.45) is 0 Å². The van der Waals surface area contributed by atoms with E-state index in [0.29, 0.717) is 18.9 Å². The van der Waals surface area contributed by atoms with Gasteiger partial charge in [-0.25, -0.2) is 0 Å². The largest absolute Gasteiger partial charge is 0.379 e. The number of hydrogen-bond acceptors (Lipinski definition) is 3. The molecule has 116 valence electrons. The van der Waals surface area contributed by atoms with Gasteiger partial charge in [0.2, 0.25) is 5.91 Å². The average Bonchev–Trinajstić information content (AvgIpc) is 2.49. The minimum Gasteiger partial charge on any atom is -0.379 e. The lowest BCUT2D eigenvalue weighted by atomic mass is 10.0. The van der Waals surface area contributed by atoms with Gasteiger partial charge in [-0.1, -0.05) is 38.1 Å².